The molecule has 3 nitrogen and oxygen atoms in total. The van der Waals surface area contributed by atoms with Crippen LogP contribution in [0.4, 0.5) is 0 Å². The number of pyridine rings is 1. The van der Waals surface area contributed by atoms with Crippen LogP contribution in [0.15, 0.2) is 42.5 Å². The van der Waals surface area contributed by atoms with Crippen LogP contribution in [0.1, 0.15) is 0 Å². The molecule has 0 amide bonds. The Bertz CT molecular complexity index is 713. The molecular weight excluding hydrogens is 278 g/mol. The summed E-state index contributed by atoms with van der Waals surface area (Å²) in [6, 6.07) is 13.2. The molecule has 0 saturated carbocycles. The minimum atomic E-state index is 0. The Balaban J connectivity index is 0.00000120. The normalized spacial score (nSPS) is 10.3. The number of hydrogen-bond donors (Lipinski definition) is 1. The van der Waals surface area contributed by atoms with E-state index in [9.17, 15) is 5.11 Å². The molecule has 0 saturated heterocycles. The van der Waals surface area contributed by atoms with E-state index in [0.29, 0.717) is 5.88 Å². The van der Waals surface area contributed by atoms with Crippen LogP contribution in [-0.4, -0.2) is 17.2 Å². The summed E-state index contributed by atoms with van der Waals surface area (Å²) in [7, 11) is 1.58. The van der Waals surface area contributed by atoms with Crippen LogP contribution in [0.3, 0.4) is 0 Å². The second-order valence-electron chi connectivity index (χ2n) is 3.87. The maximum Gasteiger partial charge on any atom is 0.213 e. The molecule has 4 heteroatoms. The van der Waals surface area contributed by atoms with Crippen molar-refractivity contribution in [2.24, 2.45) is 0 Å². The van der Waals surface area contributed by atoms with Crippen molar-refractivity contribution in [2.75, 3.05) is 7.11 Å². The van der Waals surface area contributed by atoms with Gasteiger partial charge in [-0.05, 0) is 17.5 Å². The molecule has 3 rings (SSSR count). The van der Waals surface area contributed by atoms with Crippen molar-refractivity contribution in [3.8, 4) is 11.6 Å². The SMILES string of the molecule is COc1ccc2ccc3cccc(O)c3c2n1.[Cu]. The molecule has 2 aromatic carbocycles. The topological polar surface area (TPSA) is 42.4 Å². The number of methoxy groups -OCH3 is 1. The summed E-state index contributed by atoms with van der Waals surface area (Å²) >= 11 is 0. The van der Waals surface area contributed by atoms with E-state index in [-0.39, 0.29) is 22.8 Å². The van der Waals surface area contributed by atoms with Crippen LogP contribution in [0.2, 0.25) is 0 Å². The van der Waals surface area contributed by atoms with E-state index in [4.69, 9.17) is 4.74 Å². The van der Waals surface area contributed by atoms with Gasteiger partial charge in [0.1, 0.15) is 5.75 Å². The first-order valence-electron chi connectivity index (χ1n) is 5.35. The van der Waals surface area contributed by atoms with Gasteiger partial charge in [0.15, 0.2) is 0 Å². The zero-order valence-electron chi connectivity index (χ0n) is 9.65. The molecule has 0 spiro atoms. The predicted molar refractivity (Wildman–Crippen MR) is 67.5 cm³/mol. The molecule has 1 aromatic heterocycles. The fourth-order valence-electron chi connectivity index (χ4n) is 2.03. The summed E-state index contributed by atoms with van der Waals surface area (Å²) in [4.78, 5) is 4.40. The minimum Gasteiger partial charge on any atom is -0.507 e. The predicted octanol–water partition coefficient (Wildman–Crippen LogP) is 3.10. The summed E-state index contributed by atoms with van der Waals surface area (Å²) in [6.07, 6.45) is 0. The molecule has 18 heavy (non-hydrogen) atoms. The monoisotopic (exact) mass is 288 g/mol. The van der Waals surface area contributed by atoms with Gasteiger partial charge in [0, 0.05) is 33.9 Å². The summed E-state index contributed by atoms with van der Waals surface area (Å²) in [5.41, 5.74) is 0.764. The summed E-state index contributed by atoms with van der Waals surface area (Å²) in [6.45, 7) is 0. The Morgan fingerprint density at radius 1 is 1.00 bits per heavy atom. The summed E-state index contributed by atoms with van der Waals surface area (Å²) in [5.74, 6) is 0.794. The van der Waals surface area contributed by atoms with Gasteiger partial charge in [-0.1, -0.05) is 24.3 Å². The van der Waals surface area contributed by atoms with E-state index >= 15 is 0 Å². The van der Waals surface area contributed by atoms with Gasteiger partial charge in [0.25, 0.3) is 0 Å². The molecule has 0 atom stereocenters. The molecule has 0 fully saturated rings. The van der Waals surface area contributed by atoms with Crippen LogP contribution in [0, 0.1) is 0 Å². The number of aromatic hydroxyl groups is 1. The number of phenolic OH excluding ortho intramolecular Hbond substituents is 1. The van der Waals surface area contributed by atoms with E-state index in [1.807, 2.05) is 36.4 Å². The Labute approximate surface area is 115 Å². The number of aromatic nitrogens is 1. The molecule has 1 heterocycles. The van der Waals surface area contributed by atoms with Crippen molar-refractivity contribution >= 4 is 21.7 Å². The number of rotatable bonds is 1. The van der Waals surface area contributed by atoms with Gasteiger partial charge in [-0.15, -0.1) is 0 Å². The van der Waals surface area contributed by atoms with E-state index in [0.717, 1.165) is 21.7 Å². The second kappa shape index (κ2) is 4.84. The van der Waals surface area contributed by atoms with Crippen LogP contribution in [0.25, 0.3) is 21.7 Å². The molecular formula is C14H11CuNO2. The van der Waals surface area contributed by atoms with Gasteiger partial charge < -0.3 is 9.84 Å². The average Bonchev–Trinajstić information content (AvgIpc) is 2.38. The smallest absolute Gasteiger partial charge is 0.213 e. The molecule has 1 N–H and O–H groups in total. The quantitative estimate of drug-likeness (QED) is 0.553. The van der Waals surface area contributed by atoms with Crippen molar-refractivity contribution in [2.45, 2.75) is 0 Å². The van der Waals surface area contributed by atoms with Crippen LogP contribution >= 0.6 is 0 Å². The van der Waals surface area contributed by atoms with Gasteiger partial charge in [-0.2, -0.15) is 0 Å². The van der Waals surface area contributed by atoms with Crippen molar-refractivity contribution in [3.63, 3.8) is 0 Å². The molecule has 1 radical (unpaired) electrons. The van der Waals surface area contributed by atoms with E-state index < -0.39 is 0 Å². The van der Waals surface area contributed by atoms with E-state index in [2.05, 4.69) is 4.98 Å². The Morgan fingerprint density at radius 3 is 2.50 bits per heavy atom. The minimum absolute atomic E-state index is 0. The van der Waals surface area contributed by atoms with Crippen LogP contribution < -0.4 is 4.74 Å². The largest absolute Gasteiger partial charge is 0.507 e. The fourth-order valence-corrected chi connectivity index (χ4v) is 2.03. The Morgan fingerprint density at radius 2 is 1.72 bits per heavy atom. The number of nitrogens with zero attached hydrogens (tertiary/aromatic N) is 1. The molecule has 0 aliphatic rings. The Hall–Kier alpha value is -1.77. The zero-order chi connectivity index (χ0) is 11.8. The Kier molecular flexibility index (Phi) is 3.41. The number of ether oxygens (including phenoxy) is 1. The van der Waals surface area contributed by atoms with Gasteiger partial charge >= 0.3 is 0 Å². The molecule has 0 unspecified atom stereocenters. The summed E-state index contributed by atoms with van der Waals surface area (Å²) in [5, 5.41) is 12.7. The van der Waals surface area contributed by atoms with E-state index in [1.54, 1.807) is 13.2 Å². The van der Waals surface area contributed by atoms with Gasteiger partial charge in [-0.25, -0.2) is 4.98 Å². The van der Waals surface area contributed by atoms with Gasteiger partial charge in [0.2, 0.25) is 5.88 Å². The van der Waals surface area contributed by atoms with E-state index in [1.165, 1.54) is 0 Å². The van der Waals surface area contributed by atoms with Crippen molar-refractivity contribution in [1.82, 2.24) is 4.98 Å². The third-order valence-electron chi connectivity index (χ3n) is 2.86. The average molecular weight is 289 g/mol. The number of phenols is 1. The molecule has 95 valence electrons. The first-order chi connectivity index (χ1) is 8.29. The zero-order valence-corrected chi connectivity index (χ0v) is 10.6. The third kappa shape index (κ3) is 1.90. The van der Waals surface area contributed by atoms with Crippen molar-refractivity contribution < 1.29 is 26.9 Å². The first kappa shape index (κ1) is 12.7. The van der Waals surface area contributed by atoms with Gasteiger partial charge in [-0.3, -0.25) is 0 Å². The maximum absolute atomic E-state index is 9.95. The summed E-state index contributed by atoms with van der Waals surface area (Å²) < 4.78 is 5.12. The molecule has 3 aromatic rings. The molecule has 0 aliphatic carbocycles. The number of hydrogen-bond acceptors (Lipinski definition) is 3. The first-order valence-corrected chi connectivity index (χ1v) is 5.35. The van der Waals surface area contributed by atoms with Crippen molar-refractivity contribution in [1.29, 1.82) is 0 Å². The molecule has 0 aliphatic heterocycles. The standard InChI is InChI=1S/C14H11NO2.Cu/c1-17-12-8-7-10-6-5-9-3-2-4-11(16)13(9)14(10)15-12;/h2-8,16H,1H3;. The second-order valence-corrected chi connectivity index (χ2v) is 3.87. The van der Waals surface area contributed by atoms with Crippen LogP contribution in [0.5, 0.6) is 11.6 Å². The number of benzene rings is 2. The fraction of sp³-hybridized carbons (Fsp3) is 0.0714. The van der Waals surface area contributed by atoms with Gasteiger partial charge in [0.05, 0.1) is 12.6 Å². The third-order valence-corrected chi connectivity index (χ3v) is 2.86. The van der Waals surface area contributed by atoms with Crippen molar-refractivity contribution in [3.05, 3.63) is 42.5 Å². The molecule has 0 bridgehead atoms. The maximum atomic E-state index is 9.95. The van der Waals surface area contributed by atoms with Crippen LogP contribution in [-0.2, 0) is 17.1 Å². The number of fused-ring (bicyclic) bond motifs is 3.